The molecule has 0 saturated carbocycles. The lowest BCUT2D eigenvalue weighted by molar-refractivity contribution is 0.603. The summed E-state index contributed by atoms with van der Waals surface area (Å²) in [6, 6.07) is 4.45. The van der Waals surface area contributed by atoms with Crippen LogP contribution in [0.5, 0.6) is 0 Å². The summed E-state index contributed by atoms with van der Waals surface area (Å²) in [7, 11) is 0. The summed E-state index contributed by atoms with van der Waals surface area (Å²) in [6.45, 7) is 4.89. The zero-order chi connectivity index (χ0) is 13.1. The van der Waals surface area contributed by atoms with Crippen molar-refractivity contribution in [3.05, 3.63) is 56.5 Å². The van der Waals surface area contributed by atoms with Crippen molar-refractivity contribution in [3.63, 3.8) is 0 Å². The molecule has 0 saturated heterocycles. The molecule has 0 spiro atoms. The van der Waals surface area contributed by atoms with Gasteiger partial charge < -0.3 is 5.32 Å². The van der Waals surface area contributed by atoms with Gasteiger partial charge in [-0.2, -0.15) is 11.3 Å². The Kier molecular flexibility index (Phi) is 4.38. The maximum atomic E-state index is 13.4. The number of rotatable bonds is 4. The second-order valence-electron chi connectivity index (χ2n) is 4.17. The first-order valence-electron chi connectivity index (χ1n) is 5.84. The fourth-order valence-corrected chi connectivity index (χ4v) is 3.10. The van der Waals surface area contributed by atoms with Crippen LogP contribution < -0.4 is 5.32 Å². The summed E-state index contributed by atoms with van der Waals surface area (Å²) in [4.78, 5) is 0. The van der Waals surface area contributed by atoms with Gasteiger partial charge in [0.1, 0.15) is 5.82 Å². The molecule has 1 unspecified atom stereocenters. The van der Waals surface area contributed by atoms with Crippen molar-refractivity contribution in [2.45, 2.75) is 19.9 Å². The molecule has 2 rings (SSSR count). The first kappa shape index (κ1) is 13.5. The van der Waals surface area contributed by atoms with Crippen LogP contribution in [0.15, 0.2) is 29.0 Å². The van der Waals surface area contributed by atoms with E-state index in [9.17, 15) is 4.39 Å². The van der Waals surface area contributed by atoms with Gasteiger partial charge in [0, 0.05) is 5.02 Å². The van der Waals surface area contributed by atoms with E-state index in [4.69, 9.17) is 11.6 Å². The van der Waals surface area contributed by atoms with Crippen LogP contribution in [0, 0.1) is 12.7 Å². The van der Waals surface area contributed by atoms with Crippen molar-refractivity contribution in [1.82, 2.24) is 5.32 Å². The van der Waals surface area contributed by atoms with Gasteiger partial charge in [0.05, 0.1) is 6.04 Å². The Labute approximate surface area is 116 Å². The molecule has 1 N–H and O–H groups in total. The normalized spacial score (nSPS) is 12.7. The van der Waals surface area contributed by atoms with Crippen LogP contribution >= 0.6 is 22.9 Å². The Bertz CT molecular complexity index is 538. The molecule has 1 atom stereocenters. The van der Waals surface area contributed by atoms with Crippen LogP contribution in [0.1, 0.15) is 29.7 Å². The molecule has 96 valence electrons. The number of thiophene rings is 1. The summed E-state index contributed by atoms with van der Waals surface area (Å²) in [5.74, 6) is -0.259. The van der Waals surface area contributed by atoms with E-state index in [0.717, 1.165) is 17.7 Å². The average molecular weight is 284 g/mol. The van der Waals surface area contributed by atoms with E-state index in [1.165, 1.54) is 17.7 Å². The van der Waals surface area contributed by atoms with E-state index in [2.05, 4.69) is 23.0 Å². The summed E-state index contributed by atoms with van der Waals surface area (Å²) in [5, 5.41) is 8.13. The zero-order valence-electron chi connectivity index (χ0n) is 10.3. The smallest absolute Gasteiger partial charge is 0.123 e. The number of aryl methyl sites for hydroxylation is 1. The highest BCUT2D eigenvalue weighted by atomic mass is 35.5. The molecule has 0 fully saturated rings. The largest absolute Gasteiger partial charge is 0.306 e. The minimum Gasteiger partial charge on any atom is -0.306 e. The van der Waals surface area contributed by atoms with Crippen LogP contribution in [-0.4, -0.2) is 6.54 Å². The highest BCUT2D eigenvalue weighted by Gasteiger charge is 2.19. The summed E-state index contributed by atoms with van der Waals surface area (Å²) in [5.41, 5.74) is 3.15. The SMILES string of the molecule is CCNC(c1cscc1C)c1cc(F)ccc1Cl. The van der Waals surface area contributed by atoms with E-state index >= 15 is 0 Å². The number of halogens is 2. The van der Waals surface area contributed by atoms with Gasteiger partial charge in [-0.3, -0.25) is 0 Å². The number of benzene rings is 1. The minimum absolute atomic E-state index is 0.0514. The molecule has 1 aromatic heterocycles. The molecule has 1 aromatic carbocycles. The van der Waals surface area contributed by atoms with Gasteiger partial charge in [0.2, 0.25) is 0 Å². The molecular formula is C14H15ClFNS. The third-order valence-corrected chi connectivity index (χ3v) is 4.11. The average Bonchev–Trinajstić information content (AvgIpc) is 2.76. The van der Waals surface area contributed by atoms with Crippen LogP contribution in [-0.2, 0) is 0 Å². The standard InChI is InChI=1S/C14H15ClFNS/c1-3-17-14(12-8-18-7-9(12)2)11-6-10(16)4-5-13(11)15/h4-8,14,17H,3H2,1-2H3. The van der Waals surface area contributed by atoms with Crippen LogP contribution in [0.4, 0.5) is 4.39 Å². The molecule has 4 heteroatoms. The number of hydrogen-bond donors (Lipinski definition) is 1. The first-order valence-corrected chi connectivity index (χ1v) is 7.16. The Morgan fingerprint density at radius 3 is 2.72 bits per heavy atom. The quantitative estimate of drug-likeness (QED) is 0.868. The van der Waals surface area contributed by atoms with Crippen LogP contribution in [0.25, 0.3) is 0 Å². The van der Waals surface area contributed by atoms with Crippen LogP contribution in [0.2, 0.25) is 5.02 Å². The van der Waals surface area contributed by atoms with E-state index in [1.54, 1.807) is 17.4 Å². The Morgan fingerprint density at radius 1 is 1.33 bits per heavy atom. The molecular weight excluding hydrogens is 269 g/mol. The second kappa shape index (κ2) is 5.83. The molecule has 0 aliphatic heterocycles. The molecule has 0 aliphatic rings. The topological polar surface area (TPSA) is 12.0 Å². The van der Waals surface area contributed by atoms with Crippen molar-refractivity contribution < 1.29 is 4.39 Å². The Morgan fingerprint density at radius 2 is 2.11 bits per heavy atom. The summed E-state index contributed by atoms with van der Waals surface area (Å²) in [6.07, 6.45) is 0. The predicted octanol–water partition coefficient (Wildman–Crippen LogP) is 4.55. The molecule has 2 aromatic rings. The third kappa shape index (κ3) is 2.74. The number of nitrogens with one attached hydrogen (secondary N) is 1. The van der Waals surface area contributed by atoms with E-state index < -0.39 is 0 Å². The highest BCUT2D eigenvalue weighted by Crippen LogP contribution is 2.32. The van der Waals surface area contributed by atoms with Crippen molar-refractivity contribution >= 4 is 22.9 Å². The maximum absolute atomic E-state index is 13.4. The predicted molar refractivity (Wildman–Crippen MR) is 76.0 cm³/mol. The van der Waals surface area contributed by atoms with Gasteiger partial charge in [-0.05, 0) is 59.1 Å². The van der Waals surface area contributed by atoms with Gasteiger partial charge in [-0.15, -0.1) is 0 Å². The zero-order valence-corrected chi connectivity index (χ0v) is 11.9. The van der Waals surface area contributed by atoms with E-state index in [1.807, 2.05) is 6.92 Å². The van der Waals surface area contributed by atoms with Gasteiger partial charge in [-0.1, -0.05) is 18.5 Å². The fraction of sp³-hybridized carbons (Fsp3) is 0.286. The van der Waals surface area contributed by atoms with E-state index in [0.29, 0.717) is 5.02 Å². The first-order chi connectivity index (χ1) is 8.63. The lowest BCUT2D eigenvalue weighted by Crippen LogP contribution is -2.22. The second-order valence-corrected chi connectivity index (χ2v) is 5.32. The molecule has 0 radical (unpaired) electrons. The summed E-state index contributed by atoms with van der Waals surface area (Å²) < 4.78 is 13.4. The van der Waals surface area contributed by atoms with E-state index in [-0.39, 0.29) is 11.9 Å². The summed E-state index contributed by atoms with van der Waals surface area (Å²) >= 11 is 7.84. The molecule has 0 aliphatic carbocycles. The lowest BCUT2D eigenvalue weighted by atomic mass is 9.98. The van der Waals surface area contributed by atoms with Gasteiger partial charge in [0.25, 0.3) is 0 Å². The molecule has 0 bridgehead atoms. The van der Waals surface area contributed by atoms with Crippen molar-refractivity contribution in [1.29, 1.82) is 0 Å². The molecule has 18 heavy (non-hydrogen) atoms. The van der Waals surface area contributed by atoms with Crippen molar-refractivity contribution in [3.8, 4) is 0 Å². The number of hydrogen-bond acceptors (Lipinski definition) is 2. The van der Waals surface area contributed by atoms with Gasteiger partial charge in [-0.25, -0.2) is 4.39 Å². The molecule has 0 amide bonds. The lowest BCUT2D eigenvalue weighted by Gasteiger charge is -2.20. The monoisotopic (exact) mass is 283 g/mol. The molecule has 1 heterocycles. The fourth-order valence-electron chi connectivity index (χ4n) is 1.99. The Hall–Kier alpha value is -0.900. The van der Waals surface area contributed by atoms with Gasteiger partial charge >= 0.3 is 0 Å². The molecule has 1 nitrogen and oxygen atoms in total. The van der Waals surface area contributed by atoms with Crippen molar-refractivity contribution in [2.75, 3.05) is 6.54 Å². The van der Waals surface area contributed by atoms with Crippen LogP contribution in [0.3, 0.4) is 0 Å². The minimum atomic E-state index is -0.259. The van der Waals surface area contributed by atoms with Crippen molar-refractivity contribution in [2.24, 2.45) is 0 Å². The highest BCUT2D eigenvalue weighted by molar-refractivity contribution is 7.08. The third-order valence-electron chi connectivity index (χ3n) is 2.88. The van der Waals surface area contributed by atoms with Gasteiger partial charge in [0.15, 0.2) is 0 Å². The maximum Gasteiger partial charge on any atom is 0.123 e. The Balaban J connectivity index is 2.48.